The molecule has 1 aromatic heterocycles. The van der Waals surface area contributed by atoms with E-state index in [-0.39, 0.29) is 0 Å². The Kier molecular flexibility index (Phi) is 4.95. The number of rotatable bonds is 2. The van der Waals surface area contributed by atoms with Gasteiger partial charge in [-0.25, -0.2) is 4.98 Å². The predicted octanol–water partition coefficient (Wildman–Crippen LogP) is 3.85. The van der Waals surface area contributed by atoms with Crippen LogP contribution in [0.3, 0.4) is 0 Å². The van der Waals surface area contributed by atoms with Crippen molar-refractivity contribution in [2.45, 2.75) is 13.8 Å². The number of anilines is 2. The van der Waals surface area contributed by atoms with Crippen LogP contribution < -0.4 is 5.32 Å². The largest absolute Gasteiger partial charge is 0.340 e. The highest BCUT2D eigenvalue weighted by atomic mass is 15.0. The lowest BCUT2D eigenvalue weighted by molar-refractivity contribution is 1.31. The fourth-order valence-electron chi connectivity index (χ4n) is 1.11. The van der Waals surface area contributed by atoms with Crippen LogP contribution in [-0.4, -0.2) is 4.98 Å². The smallest absolute Gasteiger partial charge is 0.130 e. The molecule has 0 unspecified atom stereocenters. The number of pyridine rings is 1. The molecule has 1 N–H and O–H groups in total. The van der Waals surface area contributed by atoms with Crippen LogP contribution in [0.2, 0.25) is 0 Å². The third-order valence-electron chi connectivity index (χ3n) is 1.71. The fraction of sp³-hybridized carbons (Fsp3) is 0.154. The van der Waals surface area contributed by atoms with Crippen LogP contribution in [0.4, 0.5) is 11.5 Å². The Morgan fingerprint density at radius 1 is 0.867 bits per heavy atom. The summed E-state index contributed by atoms with van der Waals surface area (Å²) >= 11 is 0. The van der Waals surface area contributed by atoms with Gasteiger partial charge in [-0.1, -0.05) is 38.1 Å². The van der Waals surface area contributed by atoms with Crippen molar-refractivity contribution in [3.63, 3.8) is 0 Å². The molecule has 0 saturated carbocycles. The van der Waals surface area contributed by atoms with Crippen molar-refractivity contribution in [3.8, 4) is 0 Å². The van der Waals surface area contributed by atoms with Gasteiger partial charge < -0.3 is 5.32 Å². The zero-order chi connectivity index (χ0) is 10.9. The first-order valence-corrected chi connectivity index (χ1v) is 5.18. The van der Waals surface area contributed by atoms with Gasteiger partial charge in [-0.15, -0.1) is 0 Å². The normalized spacial score (nSPS) is 8.67. The lowest BCUT2D eigenvalue weighted by Crippen LogP contribution is -1.91. The minimum absolute atomic E-state index is 0.869. The molecule has 0 aliphatic rings. The highest BCUT2D eigenvalue weighted by Crippen LogP contribution is 2.11. The highest BCUT2D eigenvalue weighted by molar-refractivity contribution is 5.55. The van der Waals surface area contributed by atoms with E-state index in [0.29, 0.717) is 0 Å². The van der Waals surface area contributed by atoms with E-state index in [4.69, 9.17) is 0 Å². The van der Waals surface area contributed by atoms with Gasteiger partial charge >= 0.3 is 0 Å². The molecule has 0 atom stereocenters. The van der Waals surface area contributed by atoms with E-state index in [0.717, 1.165) is 11.5 Å². The SMILES string of the molecule is CC.c1ccc(Nc2ccccn2)cc1. The molecular weight excluding hydrogens is 184 g/mol. The summed E-state index contributed by atoms with van der Waals surface area (Å²) in [6.45, 7) is 4.00. The first-order valence-electron chi connectivity index (χ1n) is 5.18. The summed E-state index contributed by atoms with van der Waals surface area (Å²) in [6.07, 6.45) is 1.77. The Bertz CT molecular complexity index is 319. The third-order valence-corrected chi connectivity index (χ3v) is 1.71. The molecule has 78 valence electrons. The number of hydrogen-bond donors (Lipinski definition) is 1. The molecule has 0 spiro atoms. The maximum absolute atomic E-state index is 4.16. The van der Waals surface area contributed by atoms with E-state index in [1.54, 1.807) is 6.20 Å². The van der Waals surface area contributed by atoms with Crippen molar-refractivity contribution in [1.82, 2.24) is 4.98 Å². The van der Waals surface area contributed by atoms with Gasteiger partial charge in [0.05, 0.1) is 0 Å². The van der Waals surface area contributed by atoms with Gasteiger partial charge in [0.2, 0.25) is 0 Å². The molecule has 0 radical (unpaired) electrons. The van der Waals surface area contributed by atoms with Crippen molar-refractivity contribution < 1.29 is 0 Å². The summed E-state index contributed by atoms with van der Waals surface area (Å²) in [5.74, 6) is 0.869. The number of aromatic nitrogens is 1. The van der Waals surface area contributed by atoms with E-state index in [9.17, 15) is 0 Å². The average Bonchev–Trinajstić information content (AvgIpc) is 2.34. The van der Waals surface area contributed by atoms with Crippen LogP contribution in [0.1, 0.15) is 13.8 Å². The quantitative estimate of drug-likeness (QED) is 0.796. The van der Waals surface area contributed by atoms with Gasteiger partial charge in [0, 0.05) is 11.9 Å². The summed E-state index contributed by atoms with van der Waals surface area (Å²) in [7, 11) is 0. The molecule has 0 amide bonds. The second kappa shape index (κ2) is 6.60. The van der Waals surface area contributed by atoms with Crippen molar-refractivity contribution in [2.24, 2.45) is 0 Å². The number of nitrogens with one attached hydrogen (secondary N) is 1. The molecule has 0 saturated heterocycles. The molecule has 15 heavy (non-hydrogen) atoms. The average molecular weight is 200 g/mol. The summed E-state index contributed by atoms with van der Waals surface area (Å²) in [5.41, 5.74) is 1.06. The molecule has 0 bridgehead atoms. The van der Waals surface area contributed by atoms with Gasteiger partial charge in [-0.05, 0) is 24.3 Å². The van der Waals surface area contributed by atoms with E-state index < -0.39 is 0 Å². The Hall–Kier alpha value is -1.83. The lowest BCUT2D eigenvalue weighted by atomic mass is 10.3. The molecular formula is C13H16N2. The van der Waals surface area contributed by atoms with Gasteiger partial charge in [-0.3, -0.25) is 0 Å². The summed E-state index contributed by atoms with van der Waals surface area (Å²) in [6, 6.07) is 15.8. The highest BCUT2D eigenvalue weighted by Gasteiger charge is 1.91. The van der Waals surface area contributed by atoms with Gasteiger partial charge in [0.25, 0.3) is 0 Å². The number of hydrogen-bond acceptors (Lipinski definition) is 2. The summed E-state index contributed by atoms with van der Waals surface area (Å²) in [4.78, 5) is 4.16. The first kappa shape index (κ1) is 11.2. The number of para-hydroxylation sites is 1. The van der Waals surface area contributed by atoms with Crippen LogP contribution >= 0.6 is 0 Å². The summed E-state index contributed by atoms with van der Waals surface area (Å²) in [5, 5.41) is 3.19. The number of benzene rings is 1. The molecule has 0 fully saturated rings. The second-order valence-electron chi connectivity index (χ2n) is 2.71. The minimum Gasteiger partial charge on any atom is -0.340 e. The van der Waals surface area contributed by atoms with Crippen molar-refractivity contribution in [1.29, 1.82) is 0 Å². The van der Waals surface area contributed by atoms with Crippen molar-refractivity contribution in [3.05, 3.63) is 54.7 Å². The first-order chi connectivity index (χ1) is 7.45. The standard InChI is InChI=1S/C11H10N2.C2H6/c1-2-6-10(7-3-1)13-11-8-4-5-9-12-11;1-2/h1-9H,(H,12,13);1-2H3. The van der Waals surface area contributed by atoms with E-state index in [2.05, 4.69) is 10.3 Å². The predicted molar refractivity (Wildman–Crippen MR) is 65.3 cm³/mol. The molecule has 2 rings (SSSR count). The van der Waals surface area contributed by atoms with Crippen LogP contribution in [-0.2, 0) is 0 Å². The fourth-order valence-corrected chi connectivity index (χ4v) is 1.11. The van der Waals surface area contributed by atoms with Crippen LogP contribution in [0, 0.1) is 0 Å². The van der Waals surface area contributed by atoms with Gasteiger partial charge in [0.1, 0.15) is 5.82 Å². The van der Waals surface area contributed by atoms with Gasteiger partial charge in [-0.2, -0.15) is 0 Å². The molecule has 1 aromatic carbocycles. The molecule has 2 aromatic rings. The topological polar surface area (TPSA) is 24.9 Å². The van der Waals surface area contributed by atoms with E-state index >= 15 is 0 Å². The molecule has 1 heterocycles. The maximum atomic E-state index is 4.16. The molecule has 0 aliphatic heterocycles. The Morgan fingerprint density at radius 3 is 2.13 bits per heavy atom. The molecule has 2 nitrogen and oxygen atoms in total. The molecule has 0 aliphatic carbocycles. The maximum Gasteiger partial charge on any atom is 0.130 e. The van der Waals surface area contributed by atoms with Gasteiger partial charge in [0.15, 0.2) is 0 Å². The summed E-state index contributed by atoms with van der Waals surface area (Å²) < 4.78 is 0. The second-order valence-corrected chi connectivity index (χ2v) is 2.71. The minimum atomic E-state index is 0.869. The van der Waals surface area contributed by atoms with Crippen LogP contribution in [0.25, 0.3) is 0 Å². The Labute approximate surface area is 91.0 Å². The lowest BCUT2D eigenvalue weighted by Gasteiger charge is -2.03. The zero-order valence-corrected chi connectivity index (χ0v) is 9.14. The molecule has 2 heteroatoms. The van der Waals surface area contributed by atoms with E-state index in [1.165, 1.54) is 0 Å². The van der Waals surface area contributed by atoms with Crippen molar-refractivity contribution in [2.75, 3.05) is 5.32 Å². The third kappa shape index (κ3) is 3.81. The Balaban J connectivity index is 0.000000531. The van der Waals surface area contributed by atoms with Crippen molar-refractivity contribution >= 4 is 11.5 Å². The van der Waals surface area contributed by atoms with E-state index in [1.807, 2.05) is 62.4 Å². The Morgan fingerprint density at radius 2 is 1.53 bits per heavy atom. The van der Waals surface area contributed by atoms with Crippen LogP contribution in [0.5, 0.6) is 0 Å². The van der Waals surface area contributed by atoms with Crippen LogP contribution in [0.15, 0.2) is 54.7 Å². The zero-order valence-electron chi connectivity index (χ0n) is 9.14. The monoisotopic (exact) mass is 200 g/mol. The number of nitrogens with zero attached hydrogens (tertiary/aromatic N) is 1.